The second-order valence-electron chi connectivity index (χ2n) is 2.40. The van der Waals surface area contributed by atoms with Crippen LogP contribution in [0.5, 0.6) is 0 Å². The lowest BCUT2D eigenvalue weighted by atomic mass is 10.1. The van der Waals surface area contributed by atoms with Crippen LogP contribution in [0.1, 0.15) is 13.8 Å². The van der Waals surface area contributed by atoms with Gasteiger partial charge in [0.05, 0.1) is 6.54 Å². The van der Waals surface area contributed by atoms with Gasteiger partial charge in [-0.1, -0.05) is 0 Å². The average molecular weight is 114 g/mol. The first kappa shape index (κ1) is 7.34. The minimum atomic E-state index is -0.378. The van der Waals surface area contributed by atoms with Crippen molar-refractivity contribution in [1.29, 1.82) is 0 Å². The smallest absolute Gasteiger partial charge is 0.235 e. The van der Waals surface area contributed by atoms with Gasteiger partial charge in [-0.3, -0.25) is 0 Å². The van der Waals surface area contributed by atoms with E-state index in [1.807, 2.05) is 0 Å². The third-order valence-electron chi connectivity index (χ3n) is 0.551. The van der Waals surface area contributed by atoms with E-state index in [1.165, 1.54) is 6.08 Å². The maximum atomic E-state index is 9.50. The van der Waals surface area contributed by atoms with Gasteiger partial charge in [0.1, 0.15) is 0 Å². The molecule has 0 aromatic heterocycles. The summed E-state index contributed by atoms with van der Waals surface area (Å²) >= 11 is 0. The molecule has 0 amide bonds. The zero-order valence-electron chi connectivity index (χ0n) is 5.14. The Hall–Kier alpha value is -0.660. The first-order valence-electron chi connectivity index (χ1n) is 2.39. The molecule has 3 nitrogen and oxygen atoms in total. The molecule has 0 unspecified atom stereocenters. The quantitative estimate of drug-likeness (QED) is 0.407. The van der Waals surface area contributed by atoms with E-state index in [0.717, 1.165) is 0 Å². The van der Waals surface area contributed by atoms with Gasteiger partial charge >= 0.3 is 0 Å². The fourth-order valence-corrected chi connectivity index (χ4v) is 0.236. The molecule has 0 saturated heterocycles. The van der Waals surface area contributed by atoms with Crippen LogP contribution < -0.4 is 5.73 Å². The molecule has 2 N–H and O–H groups in total. The van der Waals surface area contributed by atoms with Gasteiger partial charge in [0.15, 0.2) is 0 Å². The number of carbonyl (C=O) groups excluding carboxylic acids is 1. The lowest BCUT2D eigenvalue weighted by Gasteiger charge is -2.12. The Morgan fingerprint density at radius 1 is 1.75 bits per heavy atom. The molecule has 0 radical (unpaired) electrons. The summed E-state index contributed by atoms with van der Waals surface area (Å²) in [5.74, 6) is 0. The average Bonchev–Trinajstić information content (AvgIpc) is 1.59. The molecule has 46 valence electrons. The van der Waals surface area contributed by atoms with E-state index in [-0.39, 0.29) is 5.54 Å². The summed E-state index contributed by atoms with van der Waals surface area (Å²) in [6.45, 7) is 3.94. The molecule has 0 bridgehead atoms. The predicted octanol–water partition coefficient (Wildman–Crippen LogP) is 0.0595. The number of nitrogens with two attached hydrogens (primary N) is 1. The standard InChI is InChI=1S/C5H10N2O/c1-5(2,6)3-7-4-8/h3,6H2,1-2H3. The van der Waals surface area contributed by atoms with E-state index in [4.69, 9.17) is 5.73 Å². The van der Waals surface area contributed by atoms with Crippen molar-refractivity contribution < 1.29 is 4.79 Å². The van der Waals surface area contributed by atoms with E-state index in [0.29, 0.717) is 6.54 Å². The van der Waals surface area contributed by atoms with Gasteiger partial charge in [0.2, 0.25) is 6.08 Å². The number of rotatable bonds is 2. The van der Waals surface area contributed by atoms with Crippen molar-refractivity contribution in [2.45, 2.75) is 19.4 Å². The van der Waals surface area contributed by atoms with Crippen molar-refractivity contribution in [3.63, 3.8) is 0 Å². The van der Waals surface area contributed by atoms with Crippen molar-refractivity contribution in [3.8, 4) is 0 Å². The molecule has 0 spiro atoms. The van der Waals surface area contributed by atoms with Crippen LogP contribution in [0.4, 0.5) is 0 Å². The molecule has 0 saturated carbocycles. The van der Waals surface area contributed by atoms with Gasteiger partial charge in [-0.15, -0.1) is 0 Å². The highest BCUT2D eigenvalue weighted by Gasteiger charge is 2.07. The molecule has 0 atom stereocenters. The fraction of sp³-hybridized carbons (Fsp3) is 0.800. The van der Waals surface area contributed by atoms with Crippen LogP contribution in [0.25, 0.3) is 0 Å². The molecule has 0 fully saturated rings. The molecular formula is C5H10N2O. The highest BCUT2D eigenvalue weighted by Crippen LogP contribution is 1.94. The van der Waals surface area contributed by atoms with Crippen LogP contribution in [0, 0.1) is 0 Å². The third kappa shape index (κ3) is 5.34. The largest absolute Gasteiger partial charge is 0.324 e. The number of nitrogens with zero attached hydrogens (tertiary/aromatic N) is 1. The van der Waals surface area contributed by atoms with Crippen LogP contribution in [0.3, 0.4) is 0 Å². The van der Waals surface area contributed by atoms with Gasteiger partial charge < -0.3 is 5.73 Å². The summed E-state index contributed by atoms with van der Waals surface area (Å²) in [7, 11) is 0. The second-order valence-corrected chi connectivity index (χ2v) is 2.40. The first-order valence-corrected chi connectivity index (χ1v) is 2.39. The monoisotopic (exact) mass is 114 g/mol. The minimum absolute atomic E-state index is 0.344. The van der Waals surface area contributed by atoms with E-state index in [1.54, 1.807) is 13.8 Å². The van der Waals surface area contributed by atoms with Crippen LogP contribution in [0.2, 0.25) is 0 Å². The van der Waals surface area contributed by atoms with Crippen molar-refractivity contribution in [1.82, 2.24) is 0 Å². The predicted molar refractivity (Wildman–Crippen MR) is 31.3 cm³/mol. The summed E-state index contributed by atoms with van der Waals surface area (Å²) in [4.78, 5) is 12.8. The highest BCUT2D eigenvalue weighted by molar-refractivity contribution is 5.33. The Labute approximate surface area is 48.6 Å². The van der Waals surface area contributed by atoms with Crippen LogP contribution in [-0.2, 0) is 4.79 Å². The van der Waals surface area contributed by atoms with Crippen molar-refractivity contribution in [2.24, 2.45) is 10.7 Å². The Morgan fingerprint density at radius 3 is 2.38 bits per heavy atom. The van der Waals surface area contributed by atoms with E-state index in [9.17, 15) is 4.79 Å². The SMILES string of the molecule is CC(C)(N)CN=C=O. The van der Waals surface area contributed by atoms with Crippen LogP contribution in [-0.4, -0.2) is 18.2 Å². The molecule has 0 aliphatic carbocycles. The minimum Gasteiger partial charge on any atom is -0.324 e. The first-order chi connectivity index (χ1) is 3.56. The molecule has 0 aliphatic rings. The molecule has 3 heteroatoms. The summed E-state index contributed by atoms with van der Waals surface area (Å²) in [5, 5.41) is 0. The number of hydrogen-bond donors (Lipinski definition) is 1. The van der Waals surface area contributed by atoms with Gasteiger partial charge in [0.25, 0.3) is 0 Å². The highest BCUT2D eigenvalue weighted by atomic mass is 16.1. The van der Waals surface area contributed by atoms with Gasteiger partial charge in [-0.25, -0.2) is 9.79 Å². The summed E-state index contributed by atoms with van der Waals surface area (Å²) < 4.78 is 0. The van der Waals surface area contributed by atoms with Crippen molar-refractivity contribution in [3.05, 3.63) is 0 Å². The Bertz CT molecular complexity index is 108. The van der Waals surface area contributed by atoms with Crippen molar-refractivity contribution in [2.75, 3.05) is 6.54 Å². The van der Waals surface area contributed by atoms with Gasteiger partial charge in [0, 0.05) is 5.54 Å². The van der Waals surface area contributed by atoms with Crippen LogP contribution in [0.15, 0.2) is 4.99 Å². The van der Waals surface area contributed by atoms with Gasteiger partial charge in [-0.2, -0.15) is 0 Å². The molecule has 0 heterocycles. The Balaban J connectivity index is 3.55. The van der Waals surface area contributed by atoms with Crippen molar-refractivity contribution >= 4 is 6.08 Å². The second kappa shape index (κ2) is 2.60. The maximum Gasteiger partial charge on any atom is 0.235 e. The fourth-order valence-electron chi connectivity index (χ4n) is 0.236. The third-order valence-corrected chi connectivity index (χ3v) is 0.551. The van der Waals surface area contributed by atoms with Crippen LogP contribution >= 0.6 is 0 Å². The lowest BCUT2D eigenvalue weighted by Crippen LogP contribution is -2.35. The Morgan fingerprint density at radius 2 is 2.25 bits per heavy atom. The lowest BCUT2D eigenvalue weighted by molar-refractivity contribution is 0.521. The molecule has 8 heavy (non-hydrogen) atoms. The maximum absolute atomic E-state index is 9.50. The van der Waals surface area contributed by atoms with E-state index in [2.05, 4.69) is 4.99 Å². The Kier molecular flexibility index (Phi) is 2.38. The van der Waals surface area contributed by atoms with E-state index < -0.39 is 0 Å². The number of hydrogen-bond acceptors (Lipinski definition) is 3. The zero-order chi connectivity index (χ0) is 6.62. The van der Waals surface area contributed by atoms with E-state index >= 15 is 0 Å². The number of isocyanates is 1. The molecule has 0 aliphatic heterocycles. The van der Waals surface area contributed by atoms with Gasteiger partial charge in [-0.05, 0) is 13.8 Å². The number of aliphatic imine (C=N–C) groups is 1. The topological polar surface area (TPSA) is 55.4 Å². The summed E-state index contributed by atoms with van der Waals surface area (Å²) in [5.41, 5.74) is 5.07. The molecule has 0 aromatic rings. The summed E-state index contributed by atoms with van der Waals surface area (Å²) in [6, 6.07) is 0. The summed E-state index contributed by atoms with van der Waals surface area (Å²) in [6.07, 6.45) is 1.42. The molecule has 0 rings (SSSR count). The molecular weight excluding hydrogens is 104 g/mol. The molecule has 0 aromatic carbocycles. The normalized spacial score (nSPS) is 10.4. The zero-order valence-corrected chi connectivity index (χ0v) is 5.14.